The van der Waals surface area contributed by atoms with Gasteiger partial charge in [-0.25, -0.2) is 4.98 Å². The predicted octanol–water partition coefficient (Wildman–Crippen LogP) is 2.89. The monoisotopic (exact) mass is 312 g/mol. The van der Waals surface area contributed by atoms with E-state index >= 15 is 0 Å². The maximum atomic E-state index is 12.7. The van der Waals surface area contributed by atoms with E-state index in [0.717, 1.165) is 40.9 Å². The predicted molar refractivity (Wildman–Crippen MR) is 86.1 cm³/mol. The first kappa shape index (κ1) is 13.5. The van der Waals surface area contributed by atoms with Crippen molar-refractivity contribution in [3.05, 3.63) is 47.2 Å². The average Bonchev–Trinajstić information content (AvgIpc) is 3.25. The zero-order valence-electron chi connectivity index (χ0n) is 12.3. The Balaban J connectivity index is 1.53. The molecular formula is C16H16N4OS. The quantitative estimate of drug-likeness (QED) is 0.731. The highest BCUT2D eigenvalue weighted by atomic mass is 32.1. The van der Waals surface area contributed by atoms with Crippen molar-refractivity contribution in [3.63, 3.8) is 0 Å². The third kappa shape index (κ3) is 2.29. The summed E-state index contributed by atoms with van der Waals surface area (Å²) in [5, 5.41) is 4.37. The zero-order chi connectivity index (χ0) is 15.1. The molecule has 1 aromatic carbocycles. The first-order chi connectivity index (χ1) is 10.7. The van der Waals surface area contributed by atoms with Crippen molar-refractivity contribution >= 4 is 27.5 Å². The van der Waals surface area contributed by atoms with E-state index < -0.39 is 0 Å². The smallest absolute Gasteiger partial charge is 0.253 e. The molecule has 3 aromatic rings. The molecule has 1 amide bonds. The van der Waals surface area contributed by atoms with Crippen LogP contribution < -0.4 is 0 Å². The van der Waals surface area contributed by atoms with Crippen LogP contribution in [0.15, 0.2) is 36.1 Å². The third-order valence-electron chi connectivity index (χ3n) is 4.13. The highest BCUT2D eigenvalue weighted by Gasteiger charge is 2.28. The Bertz CT molecular complexity index is 837. The molecule has 2 aromatic heterocycles. The van der Waals surface area contributed by atoms with Crippen LogP contribution in [0, 0.1) is 6.92 Å². The molecule has 0 bridgehead atoms. The zero-order valence-corrected chi connectivity index (χ0v) is 13.1. The Morgan fingerprint density at radius 2 is 2.32 bits per heavy atom. The van der Waals surface area contributed by atoms with Gasteiger partial charge in [-0.3, -0.25) is 9.48 Å². The second-order valence-corrected chi connectivity index (χ2v) is 6.61. The molecule has 6 heteroatoms. The standard InChI is InChI=1S/C16H16N4OS/c1-11-7-18-20(8-11)13-4-5-19(9-13)16(21)12-2-3-14-15(6-12)22-10-17-14/h2-3,6-8,10,13H,4-5,9H2,1H3. The van der Waals surface area contributed by atoms with Crippen molar-refractivity contribution in [1.29, 1.82) is 0 Å². The molecule has 1 atom stereocenters. The number of hydrogen-bond donors (Lipinski definition) is 0. The Kier molecular flexibility index (Phi) is 3.18. The number of benzene rings is 1. The molecule has 5 nitrogen and oxygen atoms in total. The number of fused-ring (bicyclic) bond motifs is 1. The van der Waals surface area contributed by atoms with Crippen molar-refractivity contribution in [3.8, 4) is 0 Å². The van der Waals surface area contributed by atoms with E-state index in [2.05, 4.69) is 10.1 Å². The summed E-state index contributed by atoms with van der Waals surface area (Å²) in [4.78, 5) is 18.8. The molecule has 0 N–H and O–H groups in total. The van der Waals surface area contributed by atoms with E-state index in [0.29, 0.717) is 0 Å². The molecule has 0 radical (unpaired) electrons. The van der Waals surface area contributed by atoms with Gasteiger partial charge in [-0.2, -0.15) is 5.10 Å². The van der Waals surface area contributed by atoms with Crippen LogP contribution in [0.1, 0.15) is 28.4 Å². The molecule has 1 aliphatic rings. The van der Waals surface area contributed by atoms with Gasteiger partial charge in [0.05, 0.1) is 28.0 Å². The van der Waals surface area contributed by atoms with Crippen molar-refractivity contribution in [2.45, 2.75) is 19.4 Å². The van der Waals surface area contributed by atoms with Crippen LogP contribution in [-0.2, 0) is 0 Å². The van der Waals surface area contributed by atoms with Crippen LogP contribution in [0.2, 0.25) is 0 Å². The van der Waals surface area contributed by atoms with Crippen LogP contribution >= 0.6 is 11.3 Å². The first-order valence-corrected chi connectivity index (χ1v) is 8.22. The van der Waals surface area contributed by atoms with Gasteiger partial charge in [0.25, 0.3) is 5.91 Å². The van der Waals surface area contributed by atoms with Gasteiger partial charge in [0.1, 0.15) is 0 Å². The summed E-state index contributed by atoms with van der Waals surface area (Å²) in [6.45, 7) is 3.54. The van der Waals surface area contributed by atoms with E-state index in [1.165, 1.54) is 0 Å². The van der Waals surface area contributed by atoms with E-state index in [4.69, 9.17) is 0 Å². The summed E-state index contributed by atoms with van der Waals surface area (Å²) in [5.41, 5.74) is 4.66. The van der Waals surface area contributed by atoms with Crippen LogP contribution in [0.3, 0.4) is 0 Å². The van der Waals surface area contributed by atoms with Gasteiger partial charge in [-0.05, 0) is 37.1 Å². The molecule has 112 valence electrons. The minimum absolute atomic E-state index is 0.0988. The molecule has 1 saturated heterocycles. The lowest BCUT2D eigenvalue weighted by molar-refractivity contribution is 0.0787. The van der Waals surface area contributed by atoms with E-state index in [-0.39, 0.29) is 11.9 Å². The van der Waals surface area contributed by atoms with Crippen molar-refractivity contribution in [1.82, 2.24) is 19.7 Å². The maximum Gasteiger partial charge on any atom is 0.253 e. The van der Waals surface area contributed by atoms with Gasteiger partial charge in [0, 0.05) is 24.8 Å². The summed E-state index contributed by atoms with van der Waals surface area (Å²) in [7, 11) is 0. The van der Waals surface area contributed by atoms with Crippen LogP contribution in [0.25, 0.3) is 10.2 Å². The van der Waals surface area contributed by atoms with Gasteiger partial charge >= 0.3 is 0 Å². The molecule has 4 rings (SSSR count). The molecule has 3 heterocycles. The average molecular weight is 312 g/mol. The SMILES string of the molecule is Cc1cnn(C2CCN(C(=O)c3ccc4ncsc4c3)C2)c1. The number of rotatable bonds is 2. The summed E-state index contributed by atoms with van der Waals surface area (Å²) in [5.74, 6) is 0.0988. The van der Waals surface area contributed by atoms with Crippen molar-refractivity contribution < 1.29 is 4.79 Å². The minimum Gasteiger partial charge on any atom is -0.336 e. The fourth-order valence-electron chi connectivity index (χ4n) is 2.95. The highest BCUT2D eigenvalue weighted by molar-refractivity contribution is 7.16. The topological polar surface area (TPSA) is 51.0 Å². The number of thiazole rings is 1. The molecule has 0 aliphatic carbocycles. The maximum absolute atomic E-state index is 12.7. The van der Waals surface area contributed by atoms with Gasteiger partial charge in [0.15, 0.2) is 0 Å². The number of carbonyl (C=O) groups is 1. The molecular weight excluding hydrogens is 296 g/mol. The summed E-state index contributed by atoms with van der Waals surface area (Å²) in [6, 6.07) is 6.02. The normalized spacial score (nSPS) is 18.2. The lowest BCUT2D eigenvalue weighted by atomic mass is 10.2. The number of likely N-dealkylation sites (tertiary alicyclic amines) is 1. The Morgan fingerprint density at radius 1 is 1.41 bits per heavy atom. The Hall–Kier alpha value is -2.21. The number of carbonyl (C=O) groups excluding carboxylic acids is 1. The van der Waals surface area contributed by atoms with Crippen LogP contribution in [0.5, 0.6) is 0 Å². The number of aromatic nitrogens is 3. The van der Waals surface area contributed by atoms with E-state index in [1.807, 2.05) is 52.6 Å². The molecule has 22 heavy (non-hydrogen) atoms. The number of amides is 1. The van der Waals surface area contributed by atoms with E-state index in [1.54, 1.807) is 11.3 Å². The first-order valence-electron chi connectivity index (χ1n) is 7.34. The molecule has 1 aliphatic heterocycles. The number of nitrogens with zero attached hydrogens (tertiary/aromatic N) is 4. The van der Waals surface area contributed by atoms with Crippen LogP contribution in [-0.4, -0.2) is 38.7 Å². The second-order valence-electron chi connectivity index (χ2n) is 5.73. The minimum atomic E-state index is 0.0988. The lowest BCUT2D eigenvalue weighted by Crippen LogP contribution is -2.29. The largest absolute Gasteiger partial charge is 0.336 e. The van der Waals surface area contributed by atoms with Crippen molar-refractivity contribution in [2.24, 2.45) is 0 Å². The fourth-order valence-corrected chi connectivity index (χ4v) is 3.66. The molecule has 1 fully saturated rings. The molecule has 1 unspecified atom stereocenters. The van der Waals surface area contributed by atoms with Gasteiger partial charge in [-0.15, -0.1) is 11.3 Å². The van der Waals surface area contributed by atoms with Crippen molar-refractivity contribution in [2.75, 3.05) is 13.1 Å². The summed E-state index contributed by atoms with van der Waals surface area (Å²) >= 11 is 1.57. The number of hydrogen-bond acceptors (Lipinski definition) is 4. The van der Waals surface area contributed by atoms with Gasteiger partial charge in [-0.1, -0.05) is 0 Å². The molecule has 0 saturated carbocycles. The molecule has 0 spiro atoms. The van der Waals surface area contributed by atoms with Gasteiger partial charge < -0.3 is 4.90 Å². The van der Waals surface area contributed by atoms with Crippen LogP contribution in [0.4, 0.5) is 0 Å². The number of aryl methyl sites for hydroxylation is 1. The second kappa shape index (κ2) is 5.21. The van der Waals surface area contributed by atoms with E-state index in [9.17, 15) is 4.79 Å². The van der Waals surface area contributed by atoms with Gasteiger partial charge in [0.2, 0.25) is 0 Å². The Labute approximate surface area is 132 Å². The lowest BCUT2D eigenvalue weighted by Gasteiger charge is -2.16. The summed E-state index contributed by atoms with van der Waals surface area (Å²) in [6.07, 6.45) is 4.86. The third-order valence-corrected chi connectivity index (χ3v) is 4.93. The fraction of sp³-hybridized carbons (Fsp3) is 0.312. The summed E-state index contributed by atoms with van der Waals surface area (Å²) < 4.78 is 3.04. The Morgan fingerprint density at radius 3 is 3.14 bits per heavy atom. The highest BCUT2D eigenvalue weighted by Crippen LogP contribution is 2.25.